The van der Waals surface area contributed by atoms with Crippen LogP contribution in [0.2, 0.25) is 0 Å². The van der Waals surface area contributed by atoms with Crippen LogP contribution in [0.1, 0.15) is 74.1 Å². The molecule has 1 saturated carbocycles. The maximum absolute atomic E-state index is 12.5. The number of carbonyl (C=O) groups is 2. The first kappa shape index (κ1) is 19.5. The van der Waals surface area contributed by atoms with Crippen LogP contribution in [0, 0.1) is 0 Å². The van der Waals surface area contributed by atoms with Crippen LogP contribution in [-0.4, -0.2) is 56.1 Å². The van der Waals surface area contributed by atoms with E-state index in [0.29, 0.717) is 11.5 Å². The minimum absolute atomic E-state index is 0.0603. The van der Waals surface area contributed by atoms with E-state index in [1.54, 1.807) is 21.8 Å². The van der Waals surface area contributed by atoms with E-state index < -0.39 is 0 Å². The van der Waals surface area contributed by atoms with Crippen molar-refractivity contribution in [3.05, 3.63) is 29.7 Å². The van der Waals surface area contributed by atoms with Gasteiger partial charge < -0.3 is 15.0 Å². The molecule has 2 atom stereocenters. The predicted molar refractivity (Wildman–Crippen MR) is 107 cm³/mol. The zero-order valence-electron chi connectivity index (χ0n) is 16.9. The number of aromatic nitrogens is 4. The zero-order chi connectivity index (χ0) is 20.4. The Morgan fingerprint density at radius 3 is 2.83 bits per heavy atom. The van der Waals surface area contributed by atoms with Gasteiger partial charge in [0, 0.05) is 43.0 Å². The van der Waals surface area contributed by atoms with Crippen molar-refractivity contribution in [1.82, 2.24) is 24.9 Å². The number of likely N-dealkylation sites (tertiary alicyclic amines) is 1. The Kier molecular flexibility index (Phi) is 5.55. The Balaban J connectivity index is 1.33. The fourth-order valence-electron chi connectivity index (χ4n) is 4.14. The van der Waals surface area contributed by atoms with Gasteiger partial charge in [0.1, 0.15) is 11.8 Å². The number of nitrogens with one attached hydrogen (secondary N) is 2. The number of carbonyl (C=O) groups excluding carboxylic acids is 2. The molecule has 2 aliphatic rings. The van der Waals surface area contributed by atoms with E-state index in [0.717, 1.165) is 50.9 Å². The number of hydrogen-bond donors (Lipinski definition) is 2. The molecule has 156 valence electrons. The summed E-state index contributed by atoms with van der Waals surface area (Å²) in [5.41, 5.74) is 1.46. The Hall–Kier alpha value is -2.84. The van der Waals surface area contributed by atoms with E-state index in [-0.39, 0.29) is 30.1 Å². The van der Waals surface area contributed by atoms with Gasteiger partial charge in [-0.3, -0.25) is 14.6 Å². The van der Waals surface area contributed by atoms with Crippen LogP contribution in [0.25, 0.3) is 0 Å². The number of hydrogen-bond acceptors (Lipinski definition) is 5. The molecule has 4 rings (SSSR count). The van der Waals surface area contributed by atoms with Crippen LogP contribution < -0.4 is 5.32 Å². The number of anilines is 1. The summed E-state index contributed by atoms with van der Waals surface area (Å²) >= 11 is 0. The van der Waals surface area contributed by atoms with Gasteiger partial charge in [-0.1, -0.05) is 0 Å². The second kappa shape index (κ2) is 8.26. The number of ether oxygens (including phenoxy) is 1. The van der Waals surface area contributed by atoms with Gasteiger partial charge in [0.05, 0.1) is 0 Å². The van der Waals surface area contributed by atoms with Crippen molar-refractivity contribution in [2.75, 3.05) is 18.4 Å². The standard InChI is InChI=1S/C20H28N6O3/c1-13(2)26-17(7-8-21-26)19(27)22-18-12-16(23-24-18)14-5-6-15(11-14)29-20(28)25-9-3-4-10-25/h7-8,12-15H,3-6,9-11H2,1-2H3,(H2,22,23,24,27)/t14-,15+/m0/s1. The fourth-order valence-corrected chi connectivity index (χ4v) is 4.14. The van der Waals surface area contributed by atoms with Gasteiger partial charge in [-0.2, -0.15) is 10.2 Å². The summed E-state index contributed by atoms with van der Waals surface area (Å²) in [7, 11) is 0. The fraction of sp³-hybridized carbons (Fsp3) is 0.600. The van der Waals surface area contributed by atoms with Crippen molar-refractivity contribution < 1.29 is 14.3 Å². The summed E-state index contributed by atoms with van der Waals surface area (Å²) in [5, 5.41) is 14.3. The molecule has 2 amide bonds. The monoisotopic (exact) mass is 400 g/mol. The quantitative estimate of drug-likeness (QED) is 0.801. The first-order valence-electron chi connectivity index (χ1n) is 10.4. The first-order chi connectivity index (χ1) is 14.0. The molecule has 0 unspecified atom stereocenters. The van der Waals surface area contributed by atoms with Gasteiger partial charge in [0.2, 0.25) is 0 Å². The molecule has 29 heavy (non-hydrogen) atoms. The molecular formula is C20H28N6O3. The minimum Gasteiger partial charge on any atom is -0.446 e. The van der Waals surface area contributed by atoms with Crippen molar-refractivity contribution in [2.24, 2.45) is 0 Å². The minimum atomic E-state index is -0.238. The van der Waals surface area contributed by atoms with E-state index in [1.807, 2.05) is 19.9 Å². The molecule has 3 heterocycles. The van der Waals surface area contributed by atoms with Crippen LogP contribution in [0.5, 0.6) is 0 Å². The largest absolute Gasteiger partial charge is 0.446 e. The Labute approximate surface area is 169 Å². The lowest BCUT2D eigenvalue weighted by Crippen LogP contribution is -2.31. The van der Waals surface area contributed by atoms with Crippen LogP contribution in [0.3, 0.4) is 0 Å². The smallest absolute Gasteiger partial charge is 0.410 e. The molecule has 0 spiro atoms. The van der Waals surface area contributed by atoms with Crippen molar-refractivity contribution >= 4 is 17.8 Å². The summed E-state index contributed by atoms with van der Waals surface area (Å²) in [6, 6.07) is 3.65. The van der Waals surface area contributed by atoms with Crippen molar-refractivity contribution in [3.63, 3.8) is 0 Å². The van der Waals surface area contributed by atoms with Gasteiger partial charge in [0.25, 0.3) is 5.91 Å². The van der Waals surface area contributed by atoms with Crippen molar-refractivity contribution in [2.45, 2.75) is 64.0 Å². The molecule has 2 aromatic rings. The third-order valence-electron chi connectivity index (χ3n) is 5.69. The molecule has 9 heteroatoms. The summed E-state index contributed by atoms with van der Waals surface area (Å²) in [4.78, 5) is 26.5. The number of rotatable bonds is 5. The van der Waals surface area contributed by atoms with E-state index in [1.165, 1.54) is 0 Å². The Morgan fingerprint density at radius 1 is 1.28 bits per heavy atom. The molecule has 2 N–H and O–H groups in total. The average molecular weight is 400 g/mol. The molecular weight excluding hydrogens is 372 g/mol. The summed E-state index contributed by atoms with van der Waals surface area (Å²) in [6.07, 6.45) is 6.03. The van der Waals surface area contributed by atoms with E-state index in [2.05, 4.69) is 20.6 Å². The third-order valence-corrected chi connectivity index (χ3v) is 5.69. The Bertz CT molecular complexity index is 867. The number of H-pyrrole nitrogens is 1. The highest BCUT2D eigenvalue weighted by atomic mass is 16.6. The van der Waals surface area contributed by atoms with Crippen LogP contribution in [0.4, 0.5) is 10.6 Å². The van der Waals surface area contributed by atoms with Crippen LogP contribution in [-0.2, 0) is 4.74 Å². The lowest BCUT2D eigenvalue weighted by molar-refractivity contribution is 0.0708. The van der Waals surface area contributed by atoms with E-state index in [4.69, 9.17) is 4.74 Å². The molecule has 0 radical (unpaired) electrons. The number of nitrogens with zero attached hydrogens (tertiary/aromatic N) is 4. The third kappa shape index (κ3) is 4.28. The molecule has 1 aliphatic heterocycles. The molecule has 1 saturated heterocycles. The van der Waals surface area contributed by atoms with Gasteiger partial charge >= 0.3 is 6.09 Å². The van der Waals surface area contributed by atoms with Gasteiger partial charge in [-0.15, -0.1) is 0 Å². The molecule has 1 aliphatic carbocycles. The highest BCUT2D eigenvalue weighted by molar-refractivity contribution is 6.02. The number of amides is 2. The molecule has 0 bridgehead atoms. The van der Waals surface area contributed by atoms with E-state index >= 15 is 0 Å². The number of aromatic amines is 1. The van der Waals surface area contributed by atoms with Crippen LogP contribution >= 0.6 is 0 Å². The second-order valence-corrected chi connectivity index (χ2v) is 8.13. The highest BCUT2D eigenvalue weighted by Gasteiger charge is 2.31. The van der Waals surface area contributed by atoms with Gasteiger partial charge in [-0.25, -0.2) is 4.79 Å². The van der Waals surface area contributed by atoms with Crippen molar-refractivity contribution in [1.29, 1.82) is 0 Å². The average Bonchev–Trinajstić information content (AvgIpc) is 3.46. The topological polar surface area (TPSA) is 105 Å². The van der Waals surface area contributed by atoms with Crippen molar-refractivity contribution in [3.8, 4) is 0 Å². The summed E-state index contributed by atoms with van der Waals surface area (Å²) in [6.45, 7) is 5.55. The maximum atomic E-state index is 12.5. The predicted octanol–water partition coefficient (Wildman–Crippen LogP) is 3.31. The summed E-state index contributed by atoms with van der Waals surface area (Å²) in [5.74, 6) is 0.489. The van der Waals surface area contributed by atoms with E-state index in [9.17, 15) is 9.59 Å². The SMILES string of the molecule is CC(C)n1nccc1C(=O)Nc1cc([C@H]2CC[C@@H](OC(=O)N3CCCC3)C2)[nH]n1. The molecule has 9 nitrogen and oxygen atoms in total. The normalized spacial score (nSPS) is 21.7. The molecule has 0 aromatic carbocycles. The zero-order valence-corrected chi connectivity index (χ0v) is 16.9. The maximum Gasteiger partial charge on any atom is 0.410 e. The lowest BCUT2D eigenvalue weighted by Gasteiger charge is -2.19. The molecule has 2 fully saturated rings. The Morgan fingerprint density at radius 2 is 2.07 bits per heavy atom. The highest BCUT2D eigenvalue weighted by Crippen LogP contribution is 2.36. The first-order valence-corrected chi connectivity index (χ1v) is 10.4. The van der Waals surface area contributed by atoms with Gasteiger partial charge in [-0.05, 0) is 52.0 Å². The van der Waals surface area contributed by atoms with Crippen LogP contribution in [0.15, 0.2) is 18.3 Å². The second-order valence-electron chi connectivity index (χ2n) is 8.13. The molecule has 2 aromatic heterocycles. The summed E-state index contributed by atoms with van der Waals surface area (Å²) < 4.78 is 7.36. The van der Waals surface area contributed by atoms with Gasteiger partial charge in [0.15, 0.2) is 5.82 Å². The lowest BCUT2D eigenvalue weighted by atomic mass is 10.0.